The molecule has 0 spiro atoms. The minimum Gasteiger partial charge on any atom is -0.329 e. The Morgan fingerprint density at radius 2 is 1.67 bits per heavy atom. The van der Waals surface area contributed by atoms with E-state index in [9.17, 15) is 9.59 Å². The van der Waals surface area contributed by atoms with Gasteiger partial charge in [-0.2, -0.15) is 0 Å². The lowest BCUT2D eigenvalue weighted by atomic mass is 10.0. The molecular formula is C30H32ClN3O2. The molecule has 186 valence electrons. The van der Waals surface area contributed by atoms with Gasteiger partial charge in [0.25, 0.3) is 11.5 Å². The van der Waals surface area contributed by atoms with Crippen molar-refractivity contribution < 1.29 is 4.79 Å². The van der Waals surface area contributed by atoms with Gasteiger partial charge in [0.2, 0.25) is 0 Å². The third kappa shape index (κ3) is 4.93. The first-order chi connectivity index (χ1) is 17.2. The monoisotopic (exact) mass is 501 g/mol. The Bertz CT molecular complexity index is 1480. The Kier molecular flexibility index (Phi) is 7.60. The highest BCUT2D eigenvalue weighted by atomic mass is 35.5. The molecule has 4 rings (SSSR count). The van der Waals surface area contributed by atoms with Gasteiger partial charge < -0.3 is 4.90 Å². The van der Waals surface area contributed by atoms with Gasteiger partial charge in [0, 0.05) is 17.1 Å². The van der Waals surface area contributed by atoms with Crippen LogP contribution in [0.4, 0.5) is 0 Å². The Balaban J connectivity index is 1.95. The number of benzene rings is 3. The fourth-order valence-electron chi connectivity index (χ4n) is 4.48. The standard InChI is InChI=1S/C30H32ClN3O2/c1-19(2)17-18-33(29(35)23-12-7-6-11-20(23)3)22(5)28-32-26-15-9-8-13-24(26)30(36)34(28)27-16-10-14-25(31)21(27)4/h6-16,19,22H,17-18H2,1-5H3. The zero-order valence-electron chi connectivity index (χ0n) is 21.5. The molecule has 3 aromatic carbocycles. The molecule has 4 aromatic rings. The molecule has 0 aliphatic rings. The first-order valence-electron chi connectivity index (χ1n) is 12.3. The predicted octanol–water partition coefficient (Wildman–Crippen LogP) is 6.91. The molecule has 1 aromatic heterocycles. The van der Waals surface area contributed by atoms with E-state index in [1.54, 1.807) is 16.7 Å². The molecule has 0 aliphatic heterocycles. The van der Waals surface area contributed by atoms with Gasteiger partial charge in [-0.05, 0) is 74.6 Å². The van der Waals surface area contributed by atoms with Crippen molar-refractivity contribution in [1.82, 2.24) is 14.5 Å². The molecule has 1 atom stereocenters. The fourth-order valence-corrected chi connectivity index (χ4v) is 4.65. The van der Waals surface area contributed by atoms with Crippen LogP contribution >= 0.6 is 11.6 Å². The third-order valence-electron chi connectivity index (χ3n) is 6.71. The number of carbonyl (C=O) groups excluding carboxylic acids is 1. The van der Waals surface area contributed by atoms with Gasteiger partial charge in [-0.25, -0.2) is 4.98 Å². The molecule has 0 bridgehead atoms. The van der Waals surface area contributed by atoms with Crippen molar-refractivity contribution in [2.75, 3.05) is 6.54 Å². The van der Waals surface area contributed by atoms with Gasteiger partial charge in [0.1, 0.15) is 5.82 Å². The van der Waals surface area contributed by atoms with Gasteiger partial charge in [-0.1, -0.05) is 61.8 Å². The van der Waals surface area contributed by atoms with Crippen molar-refractivity contribution >= 4 is 28.4 Å². The average molecular weight is 502 g/mol. The predicted molar refractivity (Wildman–Crippen MR) is 147 cm³/mol. The summed E-state index contributed by atoms with van der Waals surface area (Å²) in [6.45, 7) is 10.6. The zero-order chi connectivity index (χ0) is 26.0. The molecule has 0 fully saturated rings. The van der Waals surface area contributed by atoms with Crippen molar-refractivity contribution in [3.63, 3.8) is 0 Å². The summed E-state index contributed by atoms with van der Waals surface area (Å²) in [4.78, 5) is 34.6. The second-order valence-corrected chi connectivity index (χ2v) is 10.1. The van der Waals surface area contributed by atoms with Crippen LogP contribution in [-0.4, -0.2) is 26.9 Å². The van der Waals surface area contributed by atoms with Crippen LogP contribution in [0, 0.1) is 19.8 Å². The summed E-state index contributed by atoms with van der Waals surface area (Å²) in [6.07, 6.45) is 0.829. The summed E-state index contributed by atoms with van der Waals surface area (Å²) >= 11 is 6.46. The van der Waals surface area contributed by atoms with Crippen LogP contribution in [0.25, 0.3) is 16.6 Å². The first kappa shape index (κ1) is 25.6. The van der Waals surface area contributed by atoms with Crippen LogP contribution in [0.5, 0.6) is 0 Å². The summed E-state index contributed by atoms with van der Waals surface area (Å²) in [5, 5.41) is 1.09. The van der Waals surface area contributed by atoms with E-state index >= 15 is 0 Å². The lowest BCUT2D eigenvalue weighted by Crippen LogP contribution is -2.39. The summed E-state index contributed by atoms with van der Waals surface area (Å²) < 4.78 is 1.63. The van der Waals surface area contributed by atoms with E-state index < -0.39 is 6.04 Å². The molecular weight excluding hydrogens is 470 g/mol. The topological polar surface area (TPSA) is 55.2 Å². The number of amides is 1. The zero-order valence-corrected chi connectivity index (χ0v) is 22.2. The van der Waals surface area contributed by atoms with E-state index in [-0.39, 0.29) is 11.5 Å². The minimum atomic E-state index is -0.466. The molecule has 1 heterocycles. The van der Waals surface area contributed by atoms with E-state index in [4.69, 9.17) is 16.6 Å². The highest BCUT2D eigenvalue weighted by Crippen LogP contribution is 2.29. The Morgan fingerprint density at radius 3 is 2.39 bits per heavy atom. The number of nitrogens with zero attached hydrogens (tertiary/aromatic N) is 3. The maximum atomic E-state index is 13.9. The maximum absolute atomic E-state index is 13.9. The van der Waals surface area contributed by atoms with Gasteiger partial charge in [-0.15, -0.1) is 0 Å². The van der Waals surface area contributed by atoms with Gasteiger partial charge in [0.15, 0.2) is 0 Å². The van der Waals surface area contributed by atoms with Crippen LogP contribution in [0.2, 0.25) is 5.02 Å². The lowest BCUT2D eigenvalue weighted by Gasteiger charge is -2.32. The number of aryl methyl sites for hydroxylation is 1. The Labute approximate surface area is 217 Å². The van der Waals surface area contributed by atoms with Crippen LogP contribution in [0.3, 0.4) is 0 Å². The van der Waals surface area contributed by atoms with Crippen molar-refractivity contribution in [3.05, 3.63) is 105 Å². The summed E-state index contributed by atoms with van der Waals surface area (Å²) in [5.41, 5.74) is 3.44. The molecule has 1 amide bonds. The normalized spacial score (nSPS) is 12.2. The van der Waals surface area contributed by atoms with Crippen LogP contribution < -0.4 is 5.56 Å². The molecule has 0 radical (unpaired) electrons. The van der Waals surface area contributed by atoms with Crippen LogP contribution in [-0.2, 0) is 0 Å². The smallest absolute Gasteiger partial charge is 0.266 e. The fraction of sp³-hybridized carbons (Fsp3) is 0.300. The molecule has 0 saturated carbocycles. The van der Waals surface area contributed by atoms with E-state index in [0.717, 1.165) is 17.5 Å². The van der Waals surface area contributed by atoms with E-state index in [0.29, 0.717) is 45.5 Å². The van der Waals surface area contributed by atoms with Crippen molar-refractivity contribution in [1.29, 1.82) is 0 Å². The molecule has 0 saturated heterocycles. The number of fused-ring (bicyclic) bond motifs is 1. The van der Waals surface area contributed by atoms with Gasteiger partial charge >= 0.3 is 0 Å². The first-order valence-corrected chi connectivity index (χ1v) is 12.7. The average Bonchev–Trinajstić information content (AvgIpc) is 2.86. The molecule has 0 aliphatic carbocycles. The molecule has 36 heavy (non-hydrogen) atoms. The number of hydrogen-bond donors (Lipinski definition) is 0. The summed E-state index contributed by atoms with van der Waals surface area (Å²) in [6, 6.07) is 20.0. The number of aromatic nitrogens is 2. The largest absolute Gasteiger partial charge is 0.329 e. The lowest BCUT2D eigenvalue weighted by molar-refractivity contribution is 0.0670. The minimum absolute atomic E-state index is 0.0713. The molecule has 5 nitrogen and oxygen atoms in total. The summed E-state index contributed by atoms with van der Waals surface area (Å²) in [5.74, 6) is 0.846. The highest BCUT2D eigenvalue weighted by Gasteiger charge is 2.28. The second kappa shape index (κ2) is 10.7. The molecule has 1 unspecified atom stereocenters. The van der Waals surface area contributed by atoms with Crippen molar-refractivity contribution in [2.24, 2.45) is 5.92 Å². The number of halogens is 1. The SMILES string of the molecule is Cc1ccccc1C(=O)N(CCC(C)C)C(C)c1nc2ccccc2c(=O)n1-c1cccc(Cl)c1C. The third-order valence-corrected chi connectivity index (χ3v) is 7.12. The Hall–Kier alpha value is -3.44. The van der Waals surface area contributed by atoms with Crippen molar-refractivity contribution in [3.8, 4) is 5.69 Å². The number of rotatable bonds is 7. The van der Waals surface area contributed by atoms with E-state index in [2.05, 4.69) is 13.8 Å². The van der Waals surface area contributed by atoms with E-state index in [1.807, 2.05) is 80.3 Å². The quantitative estimate of drug-likeness (QED) is 0.276. The second-order valence-electron chi connectivity index (χ2n) is 9.68. The van der Waals surface area contributed by atoms with Gasteiger partial charge in [0.05, 0.1) is 22.6 Å². The summed E-state index contributed by atoms with van der Waals surface area (Å²) in [7, 11) is 0. The highest BCUT2D eigenvalue weighted by molar-refractivity contribution is 6.31. The molecule has 0 N–H and O–H groups in total. The maximum Gasteiger partial charge on any atom is 0.266 e. The van der Waals surface area contributed by atoms with Gasteiger partial charge in [-0.3, -0.25) is 14.2 Å². The van der Waals surface area contributed by atoms with Crippen LogP contribution in [0.1, 0.15) is 60.5 Å². The van der Waals surface area contributed by atoms with E-state index in [1.165, 1.54) is 0 Å². The van der Waals surface area contributed by atoms with Crippen LogP contribution in [0.15, 0.2) is 71.5 Å². The molecule has 6 heteroatoms. The number of para-hydroxylation sites is 1. The van der Waals surface area contributed by atoms with Crippen molar-refractivity contribution in [2.45, 2.75) is 47.1 Å². The Morgan fingerprint density at radius 1 is 0.972 bits per heavy atom. The number of carbonyl (C=O) groups is 1. The number of hydrogen-bond acceptors (Lipinski definition) is 3.